The molecule has 0 atom stereocenters. The molecule has 1 aromatic rings. The van der Waals surface area contributed by atoms with Crippen LogP contribution in [0, 0.1) is 0 Å². The van der Waals surface area contributed by atoms with E-state index >= 15 is 0 Å². The second-order valence-corrected chi connectivity index (χ2v) is 6.93. The molecule has 1 aromatic heterocycles. The second kappa shape index (κ2) is 9.64. The van der Waals surface area contributed by atoms with Crippen molar-refractivity contribution in [3.05, 3.63) is 29.6 Å². The third-order valence-electron chi connectivity index (χ3n) is 4.97. The van der Waals surface area contributed by atoms with Crippen molar-refractivity contribution >= 4 is 11.8 Å². The minimum atomic E-state index is -0.245. The van der Waals surface area contributed by atoms with E-state index in [-0.39, 0.29) is 23.6 Å². The molecule has 0 radical (unpaired) electrons. The van der Waals surface area contributed by atoms with E-state index in [2.05, 4.69) is 20.5 Å². The van der Waals surface area contributed by atoms with Crippen LogP contribution in [0.5, 0.6) is 0 Å². The molecule has 26 heavy (non-hydrogen) atoms. The lowest BCUT2D eigenvalue weighted by atomic mass is 9.95. The second-order valence-electron chi connectivity index (χ2n) is 6.93. The summed E-state index contributed by atoms with van der Waals surface area (Å²) in [5.41, 5.74) is 0.583. The van der Waals surface area contributed by atoms with Crippen LogP contribution in [-0.4, -0.2) is 67.1 Å². The Morgan fingerprint density at radius 1 is 1.08 bits per heavy atom. The smallest absolute Gasteiger partial charge is 0.270 e. The zero-order chi connectivity index (χ0) is 18.2. The van der Waals surface area contributed by atoms with Gasteiger partial charge in [0.2, 0.25) is 0 Å². The van der Waals surface area contributed by atoms with E-state index in [1.54, 1.807) is 18.2 Å². The van der Waals surface area contributed by atoms with Gasteiger partial charge in [0.15, 0.2) is 0 Å². The van der Waals surface area contributed by atoms with Gasteiger partial charge in [-0.1, -0.05) is 25.3 Å². The number of ether oxygens (including phenoxy) is 1. The van der Waals surface area contributed by atoms with Crippen LogP contribution in [0.1, 0.15) is 53.1 Å². The number of pyridine rings is 1. The Morgan fingerprint density at radius 2 is 1.77 bits per heavy atom. The number of amides is 2. The van der Waals surface area contributed by atoms with Gasteiger partial charge in [0.05, 0.1) is 13.2 Å². The minimum Gasteiger partial charge on any atom is -0.379 e. The molecule has 2 aliphatic rings. The van der Waals surface area contributed by atoms with Gasteiger partial charge in [-0.15, -0.1) is 0 Å². The number of rotatable bonds is 6. The zero-order valence-electron chi connectivity index (χ0n) is 15.2. The van der Waals surface area contributed by atoms with Crippen molar-refractivity contribution in [1.29, 1.82) is 0 Å². The van der Waals surface area contributed by atoms with Gasteiger partial charge >= 0.3 is 0 Å². The molecule has 1 saturated heterocycles. The fraction of sp³-hybridized carbons (Fsp3) is 0.632. The Hall–Kier alpha value is -1.99. The van der Waals surface area contributed by atoms with E-state index in [0.717, 1.165) is 58.5 Å². The molecule has 2 N–H and O–H groups in total. The van der Waals surface area contributed by atoms with Gasteiger partial charge in [0.1, 0.15) is 11.4 Å². The third-order valence-corrected chi connectivity index (χ3v) is 4.97. The number of nitrogens with zero attached hydrogens (tertiary/aromatic N) is 2. The van der Waals surface area contributed by atoms with Crippen LogP contribution in [0.2, 0.25) is 0 Å². The Kier molecular flexibility index (Phi) is 6.96. The molecule has 7 heteroatoms. The van der Waals surface area contributed by atoms with Gasteiger partial charge in [-0.05, 0) is 25.0 Å². The van der Waals surface area contributed by atoms with Gasteiger partial charge in [-0.3, -0.25) is 14.5 Å². The number of carbonyl (C=O) groups excluding carboxylic acids is 2. The first-order chi connectivity index (χ1) is 12.7. The highest BCUT2D eigenvalue weighted by molar-refractivity contribution is 5.96. The molecule has 3 rings (SSSR count). The molecule has 0 unspecified atom stereocenters. The molecular weight excluding hydrogens is 332 g/mol. The molecule has 2 amide bonds. The van der Waals surface area contributed by atoms with Gasteiger partial charge in [0, 0.05) is 32.2 Å². The van der Waals surface area contributed by atoms with Crippen molar-refractivity contribution in [2.75, 3.05) is 39.4 Å². The fourth-order valence-electron chi connectivity index (χ4n) is 3.44. The summed E-state index contributed by atoms with van der Waals surface area (Å²) < 4.78 is 5.31. The van der Waals surface area contributed by atoms with E-state index in [1.807, 2.05) is 0 Å². The van der Waals surface area contributed by atoms with Crippen LogP contribution >= 0.6 is 0 Å². The van der Waals surface area contributed by atoms with Gasteiger partial charge in [-0.2, -0.15) is 0 Å². The first-order valence-electron chi connectivity index (χ1n) is 9.58. The number of nitrogens with one attached hydrogen (secondary N) is 2. The maximum atomic E-state index is 12.4. The summed E-state index contributed by atoms with van der Waals surface area (Å²) in [6.45, 7) is 4.62. The van der Waals surface area contributed by atoms with E-state index in [4.69, 9.17) is 4.74 Å². The molecule has 142 valence electrons. The standard InChI is InChI=1S/C19H28N4O3/c24-18(20-9-10-23-11-13-26-14-12-23)16-7-4-8-17(22-16)19(25)21-15-5-2-1-3-6-15/h4,7-8,15H,1-3,5-6,9-14H2,(H,20,24)(H,21,25). The highest BCUT2D eigenvalue weighted by atomic mass is 16.5. The average molecular weight is 360 g/mol. The van der Waals surface area contributed by atoms with Crippen molar-refractivity contribution in [3.63, 3.8) is 0 Å². The van der Waals surface area contributed by atoms with E-state index in [0.29, 0.717) is 12.2 Å². The third kappa shape index (κ3) is 5.51. The molecule has 1 saturated carbocycles. The SMILES string of the molecule is O=C(NCCN1CCOCC1)c1cccc(C(=O)NC2CCCCC2)n1. The summed E-state index contributed by atoms with van der Waals surface area (Å²) in [4.78, 5) is 31.2. The van der Waals surface area contributed by atoms with E-state index in [1.165, 1.54) is 6.42 Å². The molecule has 7 nitrogen and oxygen atoms in total. The predicted molar refractivity (Wildman–Crippen MR) is 98.2 cm³/mol. The Bertz CT molecular complexity index is 611. The zero-order valence-corrected chi connectivity index (χ0v) is 15.2. The minimum absolute atomic E-state index is 0.195. The van der Waals surface area contributed by atoms with E-state index < -0.39 is 0 Å². The Labute approximate surface area is 154 Å². The van der Waals surface area contributed by atoms with Gasteiger partial charge in [-0.25, -0.2) is 4.98 Å². The quantitative estimate of drug-likeness (QED) is 0.797. The molecule has 0 aromatic carbocycles. The largest absolute Gasteiger partial charge is 0.379 e. The van der Waals surface area contributed by atoms with Crippen molar-refractivity contribution in [3.8, 4) is 0 Å². The Balaban J connectivity index is 1.48. The molecule has 0 bridgehead atoms. The molecule has 0 spiro atoms. The summed E-state index contributed by atoms with van der Waals surface area (Å²) in [7, 11) is 0. The topological polar surface area (TPSA) is 83.6 Å². The van der Waals surface area contributed by atoms with Crippen LogP contribution < -0.4 is 10.6 Å². The number of carbonyl (C=O) groups is 2. The predicted octanol–water partition coefficient (Wildman–Crippen LogP) is 1.21. The maximum Gasteiger partial charge on any atom is 0.270 e. The summed E-state index contributed by atoms with van der Waals surface area (Å²) in [5.74, 6) is -0.439. The average Bonchev–Trinajstić information content (AvgIpc) is 2.69. The van der Waals surface area contributed by atoms with Crippen LogP contribution in [0.25, 0.3) is 0 Å². The first-order valence-corrected chi connectivity index (χ1v) is 9.58. The summed E-state index contributed by atoms with van der Waals surface area (Å²) in [5, 5.41) is 5.91. The summed E-state index contributed by atoms with van der Waals surface area (Å²) in [6.07, 6.45) is 5.60. The lowest BCUT2D eigenvalue weighted by Gasteiger charge is -2.26. The monoisotopic (exact) mass is 360 g/mol. The number of hydrogen-bond acceptors (Lipinski definition) is 5. The van der Waals surface area contributed by atoms with Gasteiger partial charge < -0.3 is 15.4 Å². The van der Waals surface area contributed by atoms with Crippen LogP contribution in [0.4, 0.5) is 0 Å². The van der Waals surface area contributed by atoms with Gasteiger partial charge in [0.25, 0.3) is 11.8 Å². The highest BCUT2D eigenvalue weighted by Crippen LogP contribution is 2.17. The van der Waals surface area contributed by atoms with E-state index in [9.17, 15) is 9.59 Å². The van der Waals surface area contributed by atoms with Crippen LogP contribution in [0.15, 0.2) is 18.2 Å². The van der Waals surface area contributed by atoms with Crippen LogP contribution in [0.3, 0.4) is 0 Å². The van der Waals surface area contributed by atoms with Crippen molar-refractivity contribution in [2.24, 2.45) is 0 Å². The Morgan fingerprint density at radius 3 is 2.50 bits per heavy atom. The normalized spacial score (nSPS) is 19.1. The fourth-order valence-corrected chi connectivity index (χ4v) is 3.44. The molecule has 1 aliphatic heterocycles. The van der Waals surface area contributed by atoms with Crippen molar-refractivity contribution in [2.45, 2.75) is 38.1 Å². The van der Waals surface area contributed by atoms with Crippen molar-refractivity contribution < 1.29 is 14.3 Å². The van der Waals surface area contributed by atoms with Crippen LogP contribution in [-0.2, 0) is 4.74 Å². The molecule has 2 fully saturated rings. The molecule has 2 heterocycles. The van der Waals surface area contributed by atoms with Crippen molar-refractivity contribution in [1.82, 2.24) is 20.5 Å². The summed E-state index contributed by atoms with van der Waals surface area (Å²) in [6, 6.07) is 5.23. The lowest BCUT2D eigenvalue weighted by molar-refractivity contribution is 0.0383. The number of hydrogen-bond donors (Lipinski definition) is 2. The number of aromatic nitrogens is 1. The number of morpholine rings is 1. The first kappa shape index (κ1) is 18.8. The lowest BCUT2D eigenvalue weighted by Crippen LogP contribution is -2.41. The molecular formula is C19H28N4O3. The summed E-state index contributed by atoms with van der Waals surface area (Å²) >= 11 is 0. The maximum absolute atomic E-state index is 12.4. The highest BCUT2D eigenvalue weighted by Gasteiger charge is 2.18. The molecule has 1 aliphatic carbocycles.